The number of hydrogen-bond acceptors (Lipinski definition) is 5. The summed E-state index contributed by atoms with van der Waals surface area (Å²) in [4.78, 5) is 19.1. The number of anilines is 1. The summed E-state index contributed by atoms with van der Waals surface area (Å²) in [7, 11) is 0. The van der Waals surface area contributed by atoms with Crippen molar-refractivity contribution in [2.24, 2.45) is 0 Å². The molecule has 2 aliphatic rings. The Morgan fingerprint density at radius 1 is 1.20 bits per heavy atom. The third-order valence-electron chi connectivity index (χ3n) is 6.03. The van der Waals surface area contributed by atoms with Gasteiger partial charge in [-0.25, -0.2) is 4.98 Å². The molecule has 156 valence electrons. The number of para-hydroxylation sites is 1. The van der Waals surface area contributed by atoms with Gasteiger partial charge in [-0.2, -0.15) is 0 Å². The molecule has 0 aliphatic carbocycles. The molecule has 30 heavy (non-hydrogen) atoms. The predicted molar refractivity (Wildman–Crippen MR) is 118 cm³/mol. The lowest BCUT2D eigenvalue weighted by Crippen LogP contribution is -3.17. The van der Waals surface area contributed by atoms with Crippen molar-refractivity contribution >= 4 is 33.1 Å². The molecule has 2 aromatic carbocycles. The molecule has 2 N–H and O–H groups in total. The number of aromatic nitrogens is 1. The first-order valence-electron chi connectivity index (χ1n) is 10.6. The molecular formula is C23H26N3O3S+. The molecule has 1 amide bonds. The first kappa shape index (κ1) is 19.3. The second kappa shape index (κ2) is 8.24. The number of rotatable bonds is 4. The third kappa shape index (κ3) is 3.87. The Bertz CT molecular complexity index is 1030. The highest BCUT2D eigenvalue weighted by Crippen LogP contribution is 2.33. The van der Waals surface area contributed by atoms with E-state index in [1.54, 1.807) is 11.3 Å². The van der Waals surface area contributed by atoms with Crippen molar-refractivity contribution in [2.45, 2.75) is 31.7 Å². The van der Waals surface area contributed by atoms with Crippen molar-refractivity contribution in [1.82, 2.24) is 4.98 Å². The lowest BCUT2D eigenvalue weighted by atomic mass is 9.97. The number of quaternary nitrogens is 1. The van der Waals surface area contributed by atoms with Gasteiger partial charge in [0.2, 0.25) is 0 Å². The topological polar surface area (TPSA) is 64.9 Å². The second-order valence-corrected chi connectivity index (χ2v) is 9.10. The number of benzene rings is 2. The van der Waals surface area contributed by atoms with Gasteiger partial charge in [-0.05, 0) is 44.0 Å². The first-order chi connectivity index (χ1) is 14.7. The van der Waals surface area contributed by atoms with Gasteiger partial charge in [-0.3, -0.25) is 4.79 Å². The lowest BCUT2D eigenvalue weighted by molar-refractivity contribution is -0.920. The molecule has 1 fully saturated rings. The van der Waals surface area contributed by atoms with Crippen molar-refractivity contribution in [1.29, 1.82) is 0 Å². The van der Waals surface area contributed by atoms with Gasteiger partial charge in [-0.1, -0.05) is 12.1 Å². The molecule has 0 saturated carbocycles. The van der Waals surface area contributed by atoms with E-state index in [2.05, 4.69) is 23.5 Å². The lowest BCUT2D eigenvalue weighted by Gasteiger charge is -2.32. The van der Waals surface area contributed by atoms with Gasteiger partial charge in [0.25, 0.3) is 5.91 Å². The van der Waals surface area contributed by atoms with E-state index in [0.29, 0.717) is 24.9 Å². The van der Waals surface area contributed by atoms with Crippen molar-refractivity contribution < 1.29 is 19.2 Å². The van der Waals surface area contributed by atoms with Gasteiger partial charge in [0.05, 0.1) is 29.2 Å². The highest BCUT2D eigenvalue weighted by Gasteiger charge is 2.33. The van der Waals surface area contributed by atoms with Crippen molar-refractivity contribution in [2.75, 3.05) is 31.6 Å². The minimum Gasteiger partial charge on any atom is -0.486 e. The Hall–Kier alpha value is -2.64. The summed E-state index contributed by atoms with van der Waals surface area (Å²) in [5, 5.41) is 4.26. The van der Waals surface area contributed by atoms with Gasteiger partial charge in [0, 0.05) is 11.8 Å². The molecule has 6 nitrogen and oxygen atoms in total. The quantitative estimate of drug-likeness (QED) is 0.676. The van der Waals surface area contributed by atoms with Gasteiger partial charge >= 0.3 is 0 Å². The van der Waals surface area contributed by atoms with Crippen LogP contribution in [0.3, 0.4) is 0 Å². The van der Waals surface area contributed by atoms with Crippen molar-refractivity contribution in [3.63, 3.8) is 0 Å². The summed E-state index contributed by atoms with van der Waals surface area (Å²) in [6.07, 6.45) is 2.25. The van der Waals surface area contributed by atoms with Crippen LogP contribution in [0.15, 0.2) is 42.5 Å². The number of thiazole rings is 1. The Morgan fingerprint density at radius 2 is 2.03 bits per heavy atom. The van der Waals surface area contributed by atoms with Crippen LogP contribution in [0.4, 0.5) is 5.69 Å². The van der Waals surface area contributed by atoms with Crippen LogP contribution in [0.1, 0.15) is 30.7 Å². The van der Waals surface area contributed by atoms with Crippen molar-refractivity contribution in [3.8, 4) is 11.5 Å². The SMILES string of the molecule is C[C@@H](C(=O)Nc1ccc2c(c1)OCCO2)[NH+]1CCC[C@H](c2nc3ccccc3s2)C1. The zero-order chi connectivity index (χ0) is 20.5. The van der Waals surface area contributed by atoms with E-state index in [1.165, 1.54) is 14.6 Å². The van der Waals surface area contributed by atoms with Gasteiger partial charge < -0.3 is 19.7 Å². The number of ether oxygens (including phenoxy) is 2. The minimum absolute atomic E-state index is 0.0339. The maximum absolute atomic E-state index is 12.9. The average molecular weight is 425 g/mol. The van der Waals surface area contributed by atoms with Gasteiger partial charge in [-0.15, -0.1) is 11.3 Å². The summed E-state index contributed by atoms with van der Waals surface area (Å²) in [6.45, 7) is 5.06. The predicted octanol–water partition coefficient (Wildman–Crippen LogP) is 2.86. The molecular weight excluding hydrogens is 398 g/mol. The van der Waals surface area contributed by atoms with Crippen LogP contribution in [0, 0.1) is 0 Å². The van der Waals surface area contributed by atoms with Crippen LogP contribution in [0.2, 0.25) is 0 Å². The summed E-state index contributed by atoms with van der Waals surface area (Å²) in [5.41, 5.74) is 1.82. The molecule has 7 heteroatoms. The summed E-state index contributed by atoms with van der Waals surface area (Å²) in [6, 6.07) is 13.7. The largest absolute Gasteiger partial charge is 0.486 e. The van der Waals surface area contributed by atoms with Gasteiger partial charge in [0.15, 0.2) is 17.5 Å². The molecule has 1 unspecified atom stereocenters. The van der Waals surface area contributed by atoms with Gasteiger partial charge in [0.1, 0.15) is 18.2 Å². The van der Waals surface area contributed by atoms with Crippen LogP contribution in [0.25, 0.3) is 10.2 Å². The highest BCUT2D eigenvalue weighted by atomic mass is 32.1. The monoisotopic (exact) mass is 424 g/mol. The molecule has 1 saturated heterocycles. The number of piperidine rings is 1. The molecule has 3 aromatic rings. The van der Waals surface area contributed by atoms with E-state index < -0.39 is 0 Å². The van der Waals surface area contributed by atoms with E-state index in [1.807, 2.05) is 31.2 Å². The number of fused-ring (bicyclic) bond motifs is 2. The standard InChI is InChI=1S/C23H25N3O3S/c1-15(22(27)24-17-8-9-19-20(13-17)29-12-11-28-19)26-10-4-5-16(14-26)23-25-18-6-2-3-7-21(18)30-23/h2-3,6-9,13,15-16H,4-5,10-12,14H2,1H3,(H,24,27)/p+1/t15-,16-/m0/s1. The van der Waals surface area contributed by atoms with E-state index in [4.69, 9.17) is 14.5 Å². The summed E-state index contributed by atoms with van der Waals surface area (Å²) >= 11 is 1.79. The fraction of sp³-hybridized carbons (Fsp3) is 0.391. The Kier molecular flexibility index (Phi) is 5.31. The minimum atomic E-state index is -0.129. The second-order valence-electron chi connectivity index (χ2n) is 8.04. The summed E-state index contributed by atoms with van der Waals surface area (Å²) < 4.78 is 12.4. The molecule has 1 aromatic heterocycles. The normalized spacial score (nSPS) is 21.9. The number of hydrogen-bond donors (Lipinski definition) is 2. The van der Waals surface area contributed by atoms with Crippen LogP contribution in [-0.4, -0.2) is 43.2 Å². The molecule has 0 spiro atoms. The molecule has 5 rings (SSSR count). The zero-order valence-electron chi connectivity index (χ0n) is 17.0. The van der Waals surface area contributed by atoms with Crippen LogP contribution < -0.4 is 19.7 Å². The van der Waals surface area contributed by atoms with Crippen LogP contribution in [-0.2, 0) is 4.79 Å². The average Bonchev–Trinajstić information content (AvgIpc) is 3.23. The Morgan fingerprint density at radius 3 is 2.90 bits per heavy atom. The fourth-order valence-corrected chi connectivity index (χ4v) is 5.42. The molecule has 2 aliphatic heterocycles. The first-order valence-corrected chi connectivity index (χ1v) is 11.4. The number of likely N-dealkylation sites (tertiary alicyclic amines) is 1. The molecule has 3 atom stereocenters. The number of nitrogens with one attached hydrogen (secondary N) is 2. The van der Waals surface area contributed by atoms with Crippen molar-refractivity contribution in [3.05, 3.63) is 47.5 Å². The van der Waals surface area contributed by atoms with Crippen LogP contribution >= 0.6 is 11.3 Å². The number of amides is 1. The summed E-state index contributed by atoms with van der Waals surface area (Å²) in [5.74, 6) is 1.86. The zero-order valence-corrected chi connectivity index (χ0v) is 17.8. The fourth-order valence-electron chi connectivity index (χ4n) is 4.32. The smallest absolute Gasteiger partial charge is 0.282 e. The van der Waals surface area contributed by atoms with E-state index in [-0.39, 0.29) is 11.9 Å². The maximum atomic E-state index is 12.9. The number of carbonyl (C=O) groups excluding carboxylic acids is 1. The maximum Gasteiger partial charge on any atom is 0.282 e. The molecule has 3 heterocycles. The van der Waals surface area contributed by atoms with E-state index in [9.17, 15) is 4.79 Å². The highest BCUT2D eigenvalue weighted by molar-refractivity contribution is 7.18. The van der Waals surface area contributed by atoms with E-state index >= 15 is 0 Å². The third-order valence-corrected chi connectivity index (χ3v) is 7.23. The Labute approximate surface area is 179 Å². The molecule has 0 radical (unpaired) electrons. The molecule has 0 bridgehead atoms. The number of carbonyl (C=O) groups is 1. The van der Waals surface area contributed by atoms with Crippen LogP contribution in [0.5, 0.6) is 11.5 Å². The number of nitrogens with zero attached hydrogens (tertiary/aromatic N) is 1. The Balaban J connectivity index is 1.26. The van der Waals surface area contributed by atoms with E-state index in [0.717, 1.165) is 42.9 Å².